The lowest BCUT2D eigenvalue weighted by Crippen LogP contribution is -1.96. The maximum Gasteiger partial charge on any atom is 0.166 e. The van der Waals surface area contributed by atoms with E-state index in [1.807, 2.05) is 35.9 Å². The third-order valence-corrected chi connectivity index (χ3v) is 4.16. The van der Waals surface area contributed by atoms with Crippen LogP contribution in [0, 0.1) is 19.7 Å². The molecule has 0 fully saturated rings. The highest BCUT2D eigenvalue weighted by Crippen LogP contribution is 2.31. The quantitative estimate of drug-likeness (QED) is 0.584. The molecule has 0 aliphatic heterocycles. The van der Waals surface area contributed by atoms with E-state index in [0.29, 0.717) is 5.52 Å². The fraction of sp³-hybridized carbons (Fsp3) is 0.143. The molecule has 18 heavy (non-hydrogen) atoms. The normalized spacial score (nSPS) is 11.3. The highest BCUT2D eigenvalue weighted by atomic mass is 35.5. The van der Waals surface area contributed by atoms with Crippen molar-refractivity contribution in [3.05, 3.63) is 51.1 Å². The number of thiophene rings is 1. The van der Waals surface area contributed by atoms with Crippen LogP contribution in [-0.2, 0) is 0 Å². The lowest BCUT2D eigenvalue weighted by Gasteiger charge is -2.06. The number of halogens is 2. The molecule has 3 rings (SSSR count). The first kappa shape index (κ1) is 11.8. The molecule has 0 aliphatic rings. The summed E-state index contributed by atoms with van der Waals surface area (Å²) < 4.78 is 16.1. The number of nitrogens with zero attached hydrogens (tertiary/aromatic N) is 1. The van der Waals surface area contributed by atoms with Crippen LogP contribution in [0.4, 0.5) is 4.39 Å². The van der Waals surface area contributed by atoms with E-state index in [-0.39, 0.29) is 10.8 Å². The Morgan fingerprint density at radius 3 is 2.67 bits per heavy atom. The molecular weight excluding hydrogens is 269 g/mol. The molecule has 3 aromatic rings. The van der Waals surface area contributed by atoms with Crippen molar-refractivity contribution in [3.8, 4) is 5.69 Å². The van der Waals surface area contributed by atoms with Gasteiger partial charge in [0, 0.05) is 21.3 Å². The van der Waals surface area contributed by atoms with Gasteiger partial charge in [-0.15, -0.1) is 11.3 Å². The van der Waals surface area contributed by atoms with E-state index < -0.39 is 0 Å². The molecule has 0 saturated carbocycles. The first-order valence-electron chi connectivity index (χ1n) is 5.59. The van der Waals surface area contributed by atoms with Crippen LogP contribution in [0.5, 0.6) is 0 Å². The Balaban J connectivity index is 2.41. The standard InChI is InChI=1S/C14H11ClFNS/c1-8-5-10-3-4-12(15)13(16)14(10)17(8)11-6-9(2)18-7-11/h3-7H,1-2H3. The van der Waals surface area contributed by atoms with E-state index in [1.54, 1.807) is 17.4 Å². The number of rotatable bonds is 1. The molecule has 0 atom stereocenters. The zero-order chi connectivity index (χ0) is 12.9. The van der Waals surface area contributed by atoms with Gasteiger partial charge in [0.05, 0.1) is 16.2 Å². The minimum atomic E-state index is -0.355. The fourth-order valence-corrected chi connectivity index (χ4v) is 3.07. The Morgan fingerprint density at radius 1 is 1.22 bits per heavy atom. The number of fused-ring (bicyclic) bond motifs is 1. The summed E-state index contributed by atoms with van der Waals surface area (Å²) >= 11 is 7.53. The van der Waals surface area contributed by atoms with Crippen molar-refractivity contribution in [3.63, 3.8) is 0 Å². The molecule has 0 unspecified atom stereocenters. The van der Waals surface area contributed by atoms with Gasteiger partial charge in [-0.05, 0) is 32.0 Å². The average molecular weight is 280 g/mol. The number of aryl methyl sites for hydroxylation is 2. The number of hydrogen-bond donors (Lipinski definition) is 0. The Bertz CT molecular complexity index is 742. The molecule has 0 N–H and O–H groups in total. The first-order chi connectivity index (χ1) is 8.58. The molecule has 92 valence electrons. The largest absolute Gasteiger partial charge is 0.310 e. The van der Waals surface area contributed by atoms with Crippen LogP contribution in [0.15, 0.2) is 29.6 Å². The maximum atomic E-state index is 14.2. The topological polar surface area (TPSA) is 4.93 Å². The molecule has 0 aliphatic carbocycles. The summed E-state index contributed by atoms with van der Waals surface area (Å²) in [5.41, 5.74) is 2.55. The third-order valence-electron chi connectivity index (χ3n) is 3.02. The predicted octanol–water partition coefficient (Wildman–Crippen LogP) is 5.10. The van der Waals surface area contributed by atoms with E-state index in [1.165, 1.54) is 4.88 Å². The predicted molar refractivity (Wildman–Crippen MR) is 75.6 cm³/mol. The van der Waals surface area contributed by atoms with Gasteiger partial charge in [0.2, 0.25) is 0 Å². The molecule has 2 heterocycles. The van der Waals surface area contributed by atoms with Gasteiger partial charge in [-0.25, -0.2) is 4.39 Å². The number of benzene rings is 1. The van der Waals surface area contributed by atoms with Crippen LogP contribution in [0.3, 0.4) is 0 Å². The molecular formula is C14H11ClFNS. The molecule has 0 amide bonds. The fourth-order valence-electron chi connectivity index (χ4n) is 2.24. The van der Waals surface area contributed by atoms with Crippen LogP contribution < -0.4 is 0 Å². The minimum Gasteiger partial charge on any atom is -0.310 e. The number of aromatic nitrogens is 1. The van der Waals surface area contributed by atoms with Gasteiger partial charge in [-0.3, -0.25) is 0 Å². The highest BCUT2D eigenvalue weighted by molar-refractivity contribution is 7.10. The molecule has 0 radical (unpaired) electrons. The summed E-state index contributed by atoms with van der Waals surface area (Å²) in [5, 5.41) is 3.06. The number of hydrogen-bond acceptors (Lipinski definition) is 1. The summed E-state index contributed by atoms with van der Waals surface area (Å²) in [6.07, 6.45) is 0. The van der Waals surface area contributed by atoms with Gasteiger partial charge in [-0.2, -0.15) is 0 Å². The van der Waals surface area contributed by atoms with Crippen molar-refractivity contribution >= 4 is 33.8 Å². The van der Waals surface area contributed by atoms with Crippen molar-refractivity contribution in [2.75, 3.05) is 0 Å². The van der Waals surface area contributed by atoms with Gasteiger partial charge in [0.1, 0.15) is 0 Å². The Hall–Kier alpha value is -1.32. The monoisotopic (exact) mass is 279 g/mol. The zero-order valence-corrected chi connectivity index (χ0v) is 11.6. The van der Waals surface area contributed by atoms with E-state index in [0.717, 1.165) is 16.8 Å². The second-order valence-electron chi connectivity index (χ2n) is 4.34. The van der Waals surface area contributed by atoms with Crippen molar-refractivity contribution < 1.29 is 4.39 Å². The van der Waals surface area contributed by atoms with Gasteiger partial charge < -0.3 is 4.57 Å². The van der Waals surface area contributed by atoms with Crippen molar-refractivity contribution in [1.82, 2.24) is 4.57 Å². The molecule has 0 saturated heterocycles. The van der Waals surface area contributed by atoms with Crippen molar-refractivity contribution in [2.45, 2.75) is 13.8 Å². The van der Waals surface area contributed by atoms with Crippen LogP contribution in [0.2, 0.25) is 5.02 Å². The van der Waals surface area contributed by atoms with Crippen molar-refractivity contribution in [2.24, 2.45) is 0 Å². The SMILES string of the molecule is Cc1cc(-n2c(C)cc3ccc(Cl)c(F)c32)cs1. The van der Waals surface area contributed by atoms with Crippen LogP contribution in [0.25, 0.3) is 16.6 Å². The summed E-state index contributed by atoms with van der Waals surface area (Å²) in [5.74, 6) is -0.355. The van der Waals surface area contributed by atoms with Gasteiger partial charge in [0.15, 0.2) is 5.82 Å². The van der Waals surface area contributed by atoms with Crippen LogP contribution in [-0.4, -0.2) is 4.57 Å². The maximum absolute atomic E-state index is 14.2. The second kappa shape index (κ2) is 4.11. The molecule has 0 spiro atoms. The molecule has 1 aromatic carbocycles. The average Bonchev–Trinajstić information content (AvgIpc) is 2.87. The molecule has 0 bridgehead atoms. The van der Waals surface area contributed by atoms with E-state index in [4.69, 9.17) is 11.6 Å². The summed E-state index contributed by atoms with van der Waals surface area (Å²) in [6, 6.07) is 7.48. The smallest absolute Gasteiger partial charge is 0.166 e. The van der Waals surface area contributed by atoms with Crippen LogP contribution in [0.1, 0.15) is 10.6 Å². The summed E-state index contributed by atoms with van der Waals surface area (Å²) in [6.45, 7) is 4.01. The molecule has 2 aromatic heterocycles. The minimum absolute atomic E-state index is 0.161. The van der Waals surface area contributed by atoms with E-state index >= 15 is 0 Å². The zero-order valence-electron chi connectivity index (χ0n) is 10.00. The Kier molecular flexibility index (Phi) is 2.68. The van der Waals surface area contributed by atoms with E-state index in [2.05, 4.69) is 6.07 Å². The van der Waals surface area contributed by atoms with E-state index in [9.17, 15) is 4.39 Å². The Morgan fingerprint density at radius 2 is 2.00 bits per heavy atom. The lowest BCUT2D eigenvalue weighted by atomic mass is 10.2. The second-order valence-corrected chi connectivity index (χ2v) is 5.86. The first-order valence-corrected chi connectivity index (χ1v) is 6.85. The van der Waals surface area contributed by atoms with Crippen molar-refractivity contribution in [1.29, 1.82) is 0 Å². The molecule has 1 nitrogen and oxygen atoms in total. The van der Waals surface area contributed by atoms with Crippen LogP contribution >= 0.6 is 22.9 Å². The molecule has 4 heteroatoms. The highest BCUT2D eigenvalue weighted by Gasteiger charge is 2.14. The third kappa shape index (κ3) is 1.66. The summed E-state index contributed by atoms with van der Waals surface area (Å²) in [4.78, 5) is 1.20. The summed E-state index contributed by atoms with van der Waals surface area (Å²) in [7, 11) is 0. The Labute approximate surface area is 113 Å². The van der Waals surface area contributed by atoms with Gasteiger partial charge in [-0.1, -0.05) is 17.7 Å². The lowest BCUT2D eigenvalue weighted by molar-refractivity contribution is 0.634. The van der Waals surface area contributed by atoms with Gasteiger partial charge in [0.25, 0.3) is 0 Å². The van der Waals surface area contributed by atoms with Gasteiger partial charge >= 0.3 is 0 Å².